The molecule has 0 aliphatic heterocycles. The van der Waals surface area contributed by atoms with Gasteiger partial charge in [0.1, 0.15) is 5.69 Å². The third-order valence-electron chi connectivity index (χ3n) is 2.24. The van der Waals surface area contributed by atoms with Gasteiger partial charge in [0, 0.05) is 18.1 Å². The maximum absolute atomic E-state index is 11.6. The second-order valence-electron chi connectivity index (χ2n) is 3.57. The topological polar surface area (TPSA) is 42.0 Å². The lowest BCUT2D eigenvalue weighted by Crippen LogP contribution is -2.25. The summed E-state index contributed by atoms with van der Waals surface area (Å²) in [4.78, 5) is 15.5. The molecule has 0 radical (unpaired) electrons. The summed E-state index contributed by atoms with van der Waals surface area (Å²) >= 11 is 3.39. The smallest absolute Gasteiger partial charge is 0.269 e. The quantitative estimate of drug-likeness (QED) is 0.618. The molecule has 0 spiro atoms. The first-order valence-corrected chi connectivity index (χ1v) is 6.72. The third-order valence-corrected chi connectivity index (χ3v) is 2.80. The molecule has 0 atom stereocenters. The van der Waals surface area contributed by atoms with Gasteiger partial charge in [-0.25, -0.2) is 0 Å². The summed E-state index contributed by atoms with van der Waals surface area (Å²) in [6.45, 7) is 0.734. The minimum Gasteiger partial charge on any atom is -0.351 e. The van der Waals surface area contributed by atoms with Gasteiger partial charge in [-0.05, 0) is 25.0 Å². The van der Waals surface area contributed by atoms with Crippen molar-refractivity contribution in [2.75, 3.05) is 11.9 Å². The average Bonchev–Trinajstić information content (AvgIpc) is 2.34. The number of nitrogens with one attached hydrogen (secondary N) is 1. The predicted molar refractivity (Wildman–Crippen MR) is 68.8 cm³/mol. The van der Waals surface area contributed by atoms with E-state index in [1.165, 1.54) is 12.8 Å². The number of rotatable bonds is 7. The minimum absolute atomic E-state index is 0.0823. The second kappa shape index (κ2) is 8.28. The molecule has 0 saturated carbocycles. The van der Waals surface area contributed by atoms with Crippen LogP contribution >= 0.6 is 15.9 Å². The lowest BCUT2D eigenvalue weighted by Gasteiger charge is -2.03. The van der Waals surface area contributed by atoms with Crippen LogP contribution in [0, 0.1) is 0 Å². The van der Waals surface area contributed by atoms with Crippen molar-refractivity contribution in [2.45, 2.75) is 25.7 Å². The van der Waals surface area contributed by atoms with Gasteiger partial charge in [0.25, 0.3) is 5.91 Å². The molecule has 1 aromatic heterocycles. The van der Waals surface area contributed by atoms with Gasteiger partial charge in [0.2, 0.25) is 0 Å². The third kappa shape index (κ3) is 5.26. The molecule has 0 fully saturated rings. The molecule has 16 heavy (non-hydrogen) atoms. The van der Waals surface area contributed by atoms with Crippen molar-refractivity contribution in [3.63, 3.8) is 0 Å². The van der Waals surface area contributed by atoms with Crippen LogP contribution in [0.3, 0.4) is 0 Å². The van der Waals surface area contributed by atoms with E-state index in [2.05, 4.69) is 26.2 Å². The van der Waals surface area contributed by atoms with Crippen LogP contribution in [0.15, 0.2) is 24.4 Å². The maximum atomic E-state index is 11.6. The van der Waals surface area contributed by atoms with Crippen LogP contribution in [0.4, 0.5) is 0 Å². The van der Waals surface area contributed by atoms with Crippen molar-refractivity contribution in [1.29, 1.82) is 0 Å². The van der Waals surface area contributed by atoms with Crippen LogP contribution in [0.1, 0.15) is 36.2 Å². The molecule has 1 N–H and O–H groups in total. The first kappa shape index (κ1) is 13.2. The van der Waals surface area contributed by atoms with Gasteiger partial charge in [0.15, 0.2) is 0 Å². The molecular formula is C12H17BrN2O. The van der Waals surface area contributed by atoms with Gasteiger partial charge >= 0.3 is 0 Å². The fraction of sp³-hybridized carbons (Fsp3) is 0.500. The highest BCUT2D eigenvalue weighted by molar-refractivity contribution is 9.09. The van der Waals surface area contributed by atoms with Gasteiger partial charge < -0.3 is 5.32 Å². The summed E-state index contributed by atoms with van der Waals surface area (Å²) in [5, 5.41) is 3.93. The Bertz CT molecular complexity index is 303. The highest BCUT2D eigenvalue weighted by Gasteiger charge is 2.03. The van der Waals surface area contributed by atoms with E-state index in [1.807, 2.05) is 6.07 Å². The molecule has 88 valence electrons. The monoisotopic (exact) mass is 284 g/mol. The molecule has 0 bridgehead atoms. The van der Waals surface area contributed by atoms with Crippen LogP contribution in [0.25, 0.3) is 0 Å². The number of pyridine rings is 1. The Kier molecular flexibility index (Phi) is 6.81. The number of alkyl halides is 1. The summed E-state index contributed by atoms with van der Waals surface area (Å²) in [6.07, 6.45) is 6.24. The lowest BCUT2D eigenvalue weighted by molar-refractivity contribution is 0.0948. The lowest BCUT2D eigenvalue weighted by atomic mass is 10.2. The van der Waals surface area contributed by atoms with E-state index < -0.39 is 0 Å². The Morgan fingerprint density at radius 1 is 1.25 bits per heavy atom. The van der Waals surface area contributed by atoms with Gasteiger partial charge in [-0.3, -0.25) is 9.78 Å². The van der Waals surface area contributed by atoms with Gasteiger partial charge in [-0.2, -0.15) is 0 Å². The summed E-state index contributed by atoms with van der Waals surface area (Å²) in [7, 11) is 0. The number of hydrogen-bond acceptors (Lipinski definition) is 2. The maximum Gasteiger partial charge on any atom is 0.269 e. The number of nitrogens with zero attached hydrogens (tertiary/aromatic N) is 1. The molecule has 1 amide bonds. The van der Waals surface area contributed by atoms with Crippen LogP contribution in [-0.4, -0.2) is 22.8 Å². The van der Waals surface area contributed by atoms with E-state index in [-0.39, 0.29) is 5.91 Å². The van der Waals surface area contributed by atoms with Crippen LogP contribution in [-0.2, 0) is 0 Å². The highest BCUT2D eigenvalue weighted by atomic mass is 79.9. The summed E-state index contributed by atoms with van der Waals surface area (Å²) in [6, 6.07) is 5.34. The van der Waals surface area contributed by atoms with Crippen molar-refractivity contribution in [1.82, 2.24) is 10.3 Å². The zero-order chi connectivity index (χ0) is 11.6. The summed E-state index contributed by atoms with van der Waals surface area (Å²) in [5.41, 5.74) is 0.489. The molecule has 0 aromatic carbocycles. The summed E-state index contributed by atoms with van der Waals surface area (Å²) < 4.78 is 0. The zero-order valence-corrected chi connectivity index (χ0v) is 10.9. The number of aromatic nitrogens is 1. The molecule has 0 aliphatic carbocycles. The SMILES string of the molecule is O=C(NCCCCCCBr)c1ccccn1. The van der Waals surface area contributed by atoms with Crippen molar-refractivity contribution in [3.8, 4) is 0 Å². The standard InChI is InChI=1S/C12H17BrN2O/c13-8-4-1-2-5-10-15-12(16)11-7-3-6-9-14-11/h3,6-7,9H,1-2,4-5,8,10H2,(H,15,16). The number of carbonyl (C=O) groups excluding carboxylic acids is 1. The normalized spacial score (nSPS) is 10.1. The van der Waals surface area contributed by atoms with Crippen molar-refractivity contribution < 1.29 is 4.79 Å². The fourth-order valence-corrected chi connectivity index (χ4v) is 1.76. The van der Waals surface area contributed by atoms with Gasteiger partial charge in [0.05, 0.1) is 0 Å². The molecule has 0 unspecified atom stereocenters. The van der Waals surface area contributed by atoms with Crippen LogP contribution in [0.5, 0.6) is 0 Å². The van der Waals surface area contributed by atoms with Crippen molar-refractivity contribution >= 4 is 21.8 Å². The molecule has 4 heteroatoms. The van der Waals surface area contributed by atoms with Crippen LogP contribution < -0.4 is 5.32 Å². The zero-order valence-electron chi connectivity index (χ0n) is 9.29. The van der Waals surface area contributed by atoms with E-state index in [9.17, 15) is 4.79 Å². The molecule has 1 aromatic rings. The van der Waals surface area contributed by atoms with Gasteiger partial charge in [-0.1, -0.05) is 34.8 Å². The van der Waals surface area contributed by atoms with Crippen molar-refractivity contribution in [3.05, 3.63) is 30.1 Å². The fourth-order valence-electron chi connectivity index (χ4n) is 1.36. The van der Waals surface area contributed by atoms with Crippen molar-refractivity contribution in [2.24, 2.45) is 0 Å². The second-order valence-corrected chi connectivity index (χ2v) is 4.37. The van der Waals surface area contributed by atoms with E-state index in [1.54, 1.807) is 18.3 Å². The van der Waals surface area contributed by atoms with Gasteiger partial charge in [-0.15, -0.1) is 0 Å². The Labute approximate surface area is 105 Å². The molecular weight excluding hydrogens is 268 g/mol. The number of hydrogen-bond donors (Lipinski definition) is 1. The van der Waals surface area contributed by atoms with E-state index >= 15 is 0 Å². The molecule has 1 rings (SSSR count). The number of carbonyl (C=O) groups is 1. The Morgan fingerprint density at radius 3 is 2.75 bits per heavy atom. The molecule has 1 heterocycles. The molecule has 0 aliphatic rings. The number of halogens is 1. The Morgan fingerprint density at radius 2 is 2.06 bits per heavy atom. The van der Waals surface area contributed by atoms with E-state index in [0.29, 0.717) is 5.69 Å². The first-order valence-electron chi connectivity index (χ1n) is 5.60. The Balaban J connectivity index is 2.12. The van der Waals surface area contributed by atoms with E-state index in [0.717, 1.165) is 24.7 Å². The highest BCUT2D eigenvalue weighted by Crippen LogP contribution is 2.01. The average molecular weight is 285 g/mol. The number of amides is 1. The minimum atomic E-state index is -0.0823. The largest absolute Gasteiger partial charge is 0.351 e. The van der Waals surface area contributed by atoms with E-state index in [4.69, 9.17) is 0 Å². The number of unbranched alkanes of at least 4 members (excludes halogenated alkanes) is 3. The van der Waals surface area contributed by atoms with Crippen LogP contribution in [0.2, 0.25) is 0 Å². The Hall–Kier alpha value is -0.900. The molecule has 0 saturated heterocycles. The predicted octanol–water partition coefficient (Wildman–Crippen LogP) is 2.77. The first-order chi connectivity index (χ1) is 7.84. The molecule has 3 nitrogen and oxygen atoms in total. The summed E-state index contributed by atoms with van der Waals surface area (Å²) in [5.74, 6) is -0.0823.